The lowest BCUT2D eigenvalue weighted by Crippen LogP contribution is -2.34. The van der Waals surface area contributed by atoms with Gasteiger partial charge in [0, 0.05) is 28.2 Å². The van der Waals surface area contributed by atoms with Crippen LogP contribution in [0.15, 0.2) is 4.99 Å². The Morgan fingerprint density at radius 2 is 2.50 bits per heavy atom. The van der Waals surface area contributed by atoms with Gasteiger partial charge in [0.15, 0.2) is 5.04 Å². The molecule has 1 heterocycles. The number of halogens is 2. The molecule has 1 aliphatic rings. The fourth-order valence-electron chi connectivity index (χ4n) is 0.720. The molecule has 1 atom stereocenters. The molecule has 68 valence electrons. The highest BCUT2D eigenvalue weighted by Gasteiger charge is 2.44. The molecule has 0 saturated carbocycles. The monoisotopic (exact) mass is 272 g/mol. The van der Waals surface area contributed by atoms with Gasteiger partial charge in [-0.2, -0.15) is 0 Å². The molecule has 0 saturated heterocycles. The Kier molecular flexibility index (Phi) is 3.37. The van der Waals surface area contributed by atoms with E-state index in [0.29, 0.717) is 11.6 Å². The highest BCUT2D eigenvalue weighted by atomic mass is 79.9. The zero-order valence-electron chi connectivity index (χ0n) is 6.00. The van der Waals surface area contributed by atoms with Crippen LogP contribution in [0.4, 0.5) is 0 Å². The van der Waals surface area contributed by atoms with Crippen molar-refractivity contribution in [2.75, 3.05) is 12.3 Å². The van der Waals surface area contributed by atoms with Gasteiger partial charge < -0.3 is 0 Å². The smallest absolute Gasteiger partial charge is 0.274 e. The van der Waals surface area contributed by atoms with Gasteiger partial charge in [0.1, 0.15) is 0 Å². The summed E-state index contributed by atoms with van der Waals surface area (Å²) in [6.07, 6.45) is 0.950. The van der Waals surface area contributed by atoms with Gasteiger partial charge in [-0.05, 0) is 18.0 Å². The summed E-state index contributed by atoms with van der Waals surface area (Å²) >= 11 is 9.77. The molecule has 12 heavy (non-hydrogen) atoms. The Morgan fingerprint density at radius 3 is 2.92 bits per heavy atom. The third-order valence-electron chi connectivity index (χ3n) is 1.28. The summed E-state index contributed by atoms with van der Waals surface area (Å²) in [6.45, 7) is 0.621. The molecule has 0 bridgehead atoms. The standard InChI is InChI=1S/C5H6BrClN2O2S/c6-5(7,9(10)11)4-8-2-1-3-12-4/h1-3H2. The molecule has 0 aliphatic carbocycles. The SMILES string of the molecule is O=[N+]([O-])C(Cl)(Br)C1=NCCCS1. The fraction of sp³-hybridized carbons (Fsp3) is 0.800. The van der Waals surface area contributed by atoms with Gasteiger partial charge in [-0.3, -0.25) is 15.1 Å². The highest BCUT2D eigenvalue weighted by molar-refractivity contribution is 9.10. The Bertz CT molecular complexity index is 233. The van der Waals surface area contributed by atoms with Gasteiger partial charge in [-0.1, -0.05) is 0 Å². The van der Waals surface area contributed by atoms with Gasteiger partial charge in [0.2, 0.25) is 0 Å². The molecule has 0 aromatic carbocycles. The molecule has 7 heteroatoms. The molecule has 4 nitrogen and oxygen atoms in total. The van der Waals surface area contributed by atoms with E-state index in [0.717, 1.165) is 12.2 Å². The first-order chi connectivity index (χ1) is 5.55. The number of hydrogen-bond donors (Lipinski definition) is 0. The van der Waals surface area contributed by atoms with Crippen molar-refractivity contribution < 1.29 is 4.92 Å². The maximum Gasteiger partial charge on any atom is 0.395 e. The van der Waals surface area contributed by atoms with E-state index in [-0.39, 0.29) is 0 Å². The minimum Gasteiger partial charge on any atom is -0.274 e. The zero-order chi connectivity index (χ0) is 9.19. The van der Waals surface area contributed by atoms with Crippen molar-refractivity contribution in [3.63, 3.8) is 0 Å². The maximum atomic E-state index is 10.5. The molecule has 1 unspecified atom stereocenters. The average molecular weight is 274 g/mol. The van der Waals surface area contributed by atoms with Gasteiger partial charge >= 0.3 is 3.91 Å². The average Bonchev–Trinajstić information content (AvgIpc) is 2.06. The summed E-state index contributed by atoms with van der Waals surface area (Å²) in [6, 6.07) is 0. The van der Waals surface area contributed by atoms with E-state index < -0.39 is 8.83 Å². The van der Waals surface area contributed by atoms with Crippen LogP contribution in [0.1, 0.15) is 6.42 Å². The first kappa shape index (κ1) is 10.3. The largest absolute Gasteiger partial charge is 0.395 e. The highest BCUT2D eigenvalue weighted by Crippen LogP contribution is 2.33. The third kappa shape index (κ3) is 2.11. The minimum absolute atomic E-state index is 0.348. The predicted molar refractivity (Wildman–Crippen MR) is 53.9 cm³/mol. The van der Waals surface area contributed by atoms with Crippen molar-refractivity contribution in [3.8, 4) is 0 Å². The van der Waals surface area contributed by atoms with Crippen molar-refractivity contribution in [2.45, 2.75) is 10.3 Å². The van der Waals surface area contributed by atoms with Crippen LogP contribution in [-0.2, 0) is 0 Å². The topological polar surface area (TPSA) is 55.5 Å². The summed E-state index contributed by atoms with van der Waals surface area (Å²) < 4.78 is -1.71. The fourth-order valence-corrected chi connectivity index (χ4v) is 2.31. The van der Waals surface area contributed by atoms with Crippen LogP contribution in [0.2, 0.25) is 0 Å². The van der Waals surface area contributed by atoms with Gasteiger partial charge in [-0.15, -0.1) is 11.8 Å². The summed E-state index contributed by atoms with van der Waals surface area (Å²) in [5, 5.41) is 10.8. The molecule has 1 aliphatic heterocycles. The lowest BCUT2D eigenvalue weighted by molar-refractivity contribution is -0.490. The molecule has 0 amide bonds. The number of thioether (sulfide) groups is 1. The van der Waals surface area contributed by atoms with Gasteiger partial charge in [0.25, 0.3) is 0 Å². The molecule has 0 fully saturated rings. The molecular formula is C5H6BrClN2O2S. The van der Waals surface area contributed by atoms with Gasteiger partial charge in [-0.25, -0.2) is 0 Å². The Balaban J connectivity index is 2.79. The number of aliphatic imine (C=N–C) groups is 1. The van der Waals surface area contributed by atoms with Crippen LogP contribution in [0.5, 0.6) is 0 Å². The van der Waals surface area contributed by atoms with E-state index in [9.17, 15) is 10.1 Å². The lowest BCUT2D eigenvalue weighted by atomic mass is 10.5. The number of rotatable bonds is 2. The molecular weight excluding hydrogens is 267 g/mol. The van der Waals surface area contributed by atoms with Crippen molar-refractivity contribution >= 4 is 44.3 Å². The van der Waals surface area contributed by atoms with Crippen LogP contribution in [0, 0.1) is 10.1 Å². The Labute approximate surface area is 87.0 Å². The predicted octanol–water partition coefficient (Wildman–Crippen LogP) is 2.09. The quantitative estimate of drug-likeness (QED) is 0.335. The summed E-state index contributed by atoms with van der Waals surface area (Å²) in [4.78, 5) is 13.8. The van der Waals surface area contributed by atoms with Crippen LogP contribution in [0.25, 0.3) is 0 Å². The Hall–Kier alpha value is 0.190. The van der Waals surface area contributed by atoms with Crippen LogP contribution in [0.3, 0.4) is 0 Å². The first-order valence-electron chi connectivity index (χ1n) is 3.25. The summed E-state index contributed by atoms with van der Waals surface area (Å²) in [5.41, 5.74) is 0. The minimum atomic E-state index is -1.71. The van der Waals surface area contributed by atoms with E-state index in [1.165, 1.54) is 11.8 Å². The van der Waals surface area contributed by atoms with E-state index in [1.54, 1.807) is 0 Å². The second-order valence-electron chi connectivity index (χ2n) is 2.19. The number of hydrogen-bond acceptors (Lipinski definition) is 4. The lowest BCUT2D eigenvalue weighted by Gasteiger charge is -2.16. The second kappa shape index (κ2) is 3.93. The molecule has 0 spiro atoms. The zero-order valence-corrected chi connectivity index (χ0v) is 9.15. The number of nitro groups is 1. The maximum absolute atomic E-state index is 10.5. The second-order valence-corrected chi connectivity index (χ2v) is 5.42. The molecule has 0 aromatic rings. The van der Waals surface area contributed by atoms with Crippen LogP contribution < -0.4 is 0 Å². The first-order valence-corrected chi connectivity index (χ1v) is 5.41. The number of alkyl halides is 2. The van der Waals surface area contributed by atoms with Crippen LogP contribution >= 0.6 is 39.3 Å². The van der Waals surface area contributed by atoms with Crippen molar-refractivity contribution in [3.05, 3.63) is 10.1 Å². The third-order valence-corrected chi connectivity index (χ3v) is 3.83. The van der Waals surface area contributed by atoms with Crippen LogP contribution in [-0.4, -0.2) is 26.2 Å². The van der Waals surface area contributed by atoms with E-state index in [2.05, 4.69) is 20.9 Å². The van der Waals surface area contributed by atoms with Crippen molar-refractivity contribution in [2.24, 2.45) is 4.99 Å². The summed E-state index contributed by atoms with van der Waals surface area (Å²) in [5.74, 6) is 0.840. The molecule has 0 radical (unpaired) electrons. The van der Waals surface area contributed by atoms with E-state index in [4.69, 9.17) is 11.6 Å². The number of nitrogens with zero attached hydrogens (tertiary/aromatic N) is 2. The van der Waals surface area contributed by atoms with Gasteiger partial charge in [0.05, 0.1) is 4.92 Å². The molecule has 1 rings (SSSR count). The molecule has 0 aromatic heterocycles. The molecule has 0 N–H and O–H groups in total. The van der Waals surface area contributed by atoms with E-state index >= 15 is 0 Å². The normalized spacial score (nSPS) is 22.7. The van der Waals surface area contributed by atoms with Crippen molar-refractivity contribution in [1.29, 1.82) is 0 Å². The van der Waals surface area contributed by atoms with E-state index in [1.807, 2.05) is 0 Å². The summed E-state index contributed by atoms with van der Waals surface area (Å²) in [7, 11) is 0. The van der Waals surface area contributed by atoms with Crippen molar-refractivity contribution in [1.82, 2.24) is 0 Å². The Morgan fingerprint density at radius 1 is 1.83 bits per heavy atom.